The molecule has 0 aliphatic carbocycles. The van der Waals surface area contributed by atoms with Gasteiger partial charge in [-0.25, -0.2) is 4.98 Å². The molecule has 0 spiro atoms. The minimum atomic E-state index is -0.333. The van der Waals surface area contributed by atoms with Gasteiger partial charge in [-0.15, -0.1) is 0 Å². The zero-order valence-electron chi connectivity index (χ0n) is 17.8. The molecule has 166 valence electrons. The molecule has 2 aromatic heterocycles. The molecule has 2 aromatic carbocycles. The normalized spacial score (nSPS) is 11.4. The Balaban J connectivity index is 1.37. The second kappa shape index (κ2) is 10.7. The summed E-state index contributed by atoms with van der Waals surface area (Å²) >= 11 is 0. The second-order valence-electron chi connectivity index (χ2n) is 7.72. The molecular formula is C24H27N5O3. The highest BCUT2D eigenvalue weighted by atomic mass is 16.5. The van der Waals surface area contributed by atoms with Crippen LogP contribution in [-0.2, 0) is 29.2 Å². The number of aromatic nitrogens is 4. The number of aryl methyl sites for hydroxylation is 1. The van der Waals surface area contributed by atoms with Gasteiger partial charge in [-0.1, -0.05) is 60.7 Å². The number of aromatic amines is 1. The number of H-pyrrole nitrogens is 1. The molecule has 3 N–H and O–H groups in total. The number of nitrogens with zero attached hydrogens (tertiary/aromatic N) is 3. The fourth-order valence-electron chi connectivity index (χ4n) is 3.51. The van der Waals surface area contributed by atoms with Crippen LogP contribution in [0.2, 0.25) is 0 Å². The number of nitrogen functional groups attached to an aromatic ring is 1. The van der Waals surface area contributed by atoms with E-state index in [1.807, 2.05) is 65.2 Å². The molecule has 0 radical (unpaired) electrons. The van der Waals surface area contributed by atoms with Gasteiger partial charge in [0.05, 0.1) is 32.8 Å². The van der Waals surface area contributed by atoms with Gasteiger partial charge < -0.3 is 19.8 Å². The van der Waals surface area contributed by atoms with Crippen molar-refractivity contribution in [1.82, 2.24) is 19.5 Å². The fourth-order valence-corrected chi connectivity index (χ4v) is 3.51. The quantitative estimate of drug-likeness (QED) is 0.376. The summed E-state index contributed by atoms with van der Waals surface area (Å²) in [5, 5.41) is 0. The van der Waals surface area contributed by atoms with Crippen LogP contribution in [0, 0.1) is 5.92 Å². The predicted molar refractivity (Wildman–Crippen MR) is 123 cm³/mol. The highest BCUT2D eigenvalue weighted by molar-refractivity contribution is 5.70. The molecular weight excluding hydrogens is 406 g/mol. The largest absolute Gasteiger partial charge is 0.376 e. The van der Waals surface area contributed by atoms with Crippen LogP contribution in [0.5, 0.6) is 0 Å². The summed E-state index contributed by atoms with van der Waals surface area (Å²) in [5.41, 5.74) is 8.41. The van der Waals surface area contributed by atoms with Crippen LogP contribution in [-0.4, -0.2) is 32.7 Å². The summed E-state index contributed by atoms with van der Waals surface area (Å²) in [4.78, 5) is 22.9. The summed E-state index contributed by atoms with van der Waals surface area (Å²) in [7, 11) is 0. The molecule has 0 fully saturated rings. The van der Waals surface area contributed by atoms with Crippen LogP contribution < -0.4 is 11.3 Å². The predicted octanol–water partition coefficient (Wildman–Crippen LogP) is 3.14. The summed E-state index contributed by atoms with van der Waals surface area (Å²) in [5.74, 6) is 0.248. The van der Waals surface area contributed by atoms with Crippen molar-refractivity contribution in [3.05, 3.63) is 88.5 Å². The molecule has 32 heavy (non-hydrogen) atoms. The van der Waals surface area contributed by atoms with Gasteiger partial charge in [-0.05, 0) is 17.5 Å². The molecule has 4 rings (SSSR count). The number of imidazole rings is 1. The average molecular weight is 434 g/mol. The van der Waals surface area contributed by atoms with E-state index in [4.69, 9.17) is 15.2 Å². The number of rotatable bonds is 11. The average Bonchev–Trinajstić information content (AvgIpc) is 3.21. The van der Waals surface area contributed by atoms with Crippen LogP contribution >= 0.6 is 0 Å². The standard InChI is InChI=1S/C24H27N5O3/c25-24-27-22-21(23(30)28-24)26-17-29(22)12-11-20(15-31-13-18-7-3-1-4-8-18)16-32-14-19-9-5-2-6-10-19/h1-10,17,20H,11-16H2,(H3,25,27,28,30). The van der Waals surface area contributed by atoms with E-state index in [-0.39, 0.29) is 22.9 Å². The third-order valence-corrected chi connectivity index (χ3v) is 5.20. The molecule has 0 amide bonds. The highest BCUT2D eigenvalue weighted by Crippen LogP contribution is 2.14. The molecule has 0 unspecified atom stereocenters. The molecule has 8 heteroatoms. The van der Waals surface area contributed by atoms with Crippen molar-refractivity contribution in [3.63, 3.8) is 0 Å². The molecule has 8 nitrogen and oxygen atoms in total. The first-order chi connectivity index (χ1) is 15.7. The Morgan fingerprint density at radius 1 is 0.938 bits per heavy atom. The summed E-state index contributed by atoms with van der Waals surface area (Å²) in [6.07, 6.45) is 2.41. The Bertz CT molecular complexity index is 1130. The maximum absolute atomic E-state index is 12.0. The molecule has 0 bridgehead atoms. The smallest absolute Gasteiger partial charge is 0.280 e. The molecule has 0 aliphatic heterocycles. The lowest BCUT2D eigenvalue weighted by Crippen LogP contribution is -2.19. The number of benzene rings is 2. The van der Waals surface area contributed by atoms with Gasteiger partial charge in [0, 0.05) is 12.5 Å². The first-order valence-corrected chi connectivity index (χ1v) is 10.6. The number of hydrogen-bond acceptors (Lipinski definition) is 6. The lowest BCUT2D eigenvalue weighted by molar-refractivity contribution is 0.0226. The maximum atomic E-state index is 12.0. The van der Waals surface area contributed by atoms with Crippen LogP contribution in [0.15, 0.2) is 71.8 Å². The third kappa shape index (κ3) is 5.81. The van der Waals surface area contributed by atoms with Crippen LogP contribution in [0.3, 0.4) is 0 Å². The van der Waals surface area contributed by atoms with Gasteiger partial charge in [0.15, 0.2) is 11.2 Å². The van der Waals surface area contributed by atoms with Gasteiger partial charge in [0.1, 0.15) is 0 Å². The topological polar surface area (TPSA) is 108 Å². The lowest BCUT2D eigenvalue weighted by atomic mass is 10.1. The lowest BCUT2D eigenvalue weighted by Gasteiger charge is -2.18. The molecule has 0 saturated carbocycles. The van der Waals surface area contributed by atoms with Crippen LogP contribution in [0.1, 0.15) is 17.5 Å². The van der Waals surface area contributed by atoms with Crippen molar-refractivity contribution in [2.24, 2.45) is 5.92 Å². The van der Waals surface area contributed by atoms with Gasteiger partial charge >= 0.3 is 0 Å². The van der Waals surface area contributed by atoms with Crippen molar-refractivity contribution in [2.75, 3.05) is 18.9 Å². The van der Waals surface area contributed by atoms with E-state index < -0.39 is 0 Å². The Labute approximate surface area is 186 Å². The Kier molecular flexibility index (Phi) is 7.27. The van der Waals surface area contributed by atoms with Crippen molar-refractivity contribution < 1.29 is 9.47 Å². The van der Waals surface area contributed by atoms with E-state index in [9.17, 15) is 4.79 Å². The Morgan fingerprint density at radius 2 is 1.53 bits per heavy atom. The van der Waals surface area contributed by atoms with E-state index in [1.165, 1.54) is 0 Å². The highest BCUT2D eigenvalue weighted by Gasteiger charge is 2.14. The summed E-state index contributed by atoms with van der Waals surface area (Å²) in [6.45, 7) is 2.86. The summed E-state index contributed by atoms with van der Waals surface area (Å²) in [6, 6.07) is 20.2. The van der Waals surface area contributed by atoms with Gasteiger partial charge in [0.25, 0.3) is 5.56 Å². The third-order valence-electron chi connectivity index (χ3n) is 5.20. The first kappa shape index (κ1) is 21.7. The van der Waals surface area contributed by atoms with E-state index in [2.05, 4.69) is 15.0 Å². The molecule has 0 saturated heterocycles. The number of hydrogen-bond donors (Lipinski definition) is 2. The second-order valence-corrected chi connectivity index (χ2v) is 7.72. The maximum Gasteiger partial charge on any atom is 0.280 e. The van der Waals surface area contributed by atoms with E-state index in [0.29, 0.717) is 38.6 Å². The number of fused-ring (bicyclic) bond motifs is 1. The number of anilines is 1. The van der Waals surface area contributed by atoms with E-state index >= 15 is 0 Å². The molecule has 0 atom stereocenters. The van der Waals surface area contributed by atoms with Gasteiger partial charge in [-0.3, -0.25) is 9.78 Å². The minimum absolute atomic E-state index is 0.0817. The molecule has 0 aliphatic rings. The van der Waals surface area contributed by atoms with Gasteiger partial charge in [0.2, 0.25) is 5.95 Å². The van der Waals surface area contributed by atoms with E-state index in [1.54, 1.807) is 6.33 Å². The fraction of sp³-hybridized carbons (Fsp3) is 0.292. The zero-order chi connectivity index (χ0) is 22.2. The molecule has 4 aromatic rings. The SMILES string of the molecule is Nc1nc2c(ncn2CCC(COCc2ccccc2)COCc2ccccc2)c(=O)[nH]1. The van der Waals surface area contributed by atoms with E-state index in [0.717, 1.165) is 17.5 Å². The molecule has 2 heterocycles. The number of nitrogens with two attached hydrogens (primary N) is 1. The van der Waals surface area contributed by atoms with Crippen LogP contribution in [0.4, 0.5) is 5.95 Å². The van der Waals surface area contributed by atoms with Crippen molar-refractivity contribution in [3.8, 4) is 0 Å². The first-order valence-electron chi connectivity index (χ1n) is 10.6. The van der Waals surface area contributed by atoms with Crippen molar-refractivity contribution >= 4 is 17.1 Å². The van der Waals surface area contributed by atoms with Crippen molar-refractivity contribution in [1.29, 1.82) is 0 Å². The summed E-state index contributed by atoms with van der Waals surface area (Å²) < 4.78 is 13.8. The number of ether oxygens (including phenoxy) is 2. The Hall–Kier alpha value is -3.49. The van der Waals surface area contributed by atoms with Gasteiger partial charge in [-0.2, -0.15) is 4.98 Å². The number of nitrogens with one attached hydrogen (secondary N) is 1. The minimum Gasteiger partial charge on any atom is -0.376 e. The Morgan fingerprint density at radius 3 is 2.12 bits per heavy atom. The van der Waals surface area contributed by atoms with Crippen LogP contribution in [0.25, 0.3) is 11.2 Å². The van der Waals surface area contributed by atoms with Crippen molar-refractivity contribution in [2.45, 2.75) is 26.2 Å². The monoisotopic (exact) mass is 433 g/mol. The zero-order valence-corrected chi connectivity index (χ0v) is 17.8.